The van der Waals surface area contributed by atoms with Gasteiger partial charge in [-0.15, -0.1) is 0 Å². The van der Waals surface area contributed by atoms with Crippen LogP contribution in [-0.4, -0.2) is 22.4 Å². The first-order valence-corrected chi connectivity index (χ1v) is 4.08. The molecule has 3 atom stereocenters. The Kier molecular flexibility index (Phi) is 2.69. The lowest BCUT2D eigenvalue weighted by molar-refractivity contribution is -0.00384. The van der Waals surface area contributed by atoms with Gasteiger partial charge < -0.3 is 10.2 Å². The van der Waals surface area contributed by atoms with Gasteiger partial charge in [-0.2, -0.15) is 0 Å². The van der Waals surface area contributed by atoms with Crippen LogP contribution in [0.2, 0.25) is 0 Å². The maximum Gasteiger partial charge on any atom is 0.0593 e. The molecular weight excluding hydrogens is 128 g/mol. The maximum atomic E-state index is 9.38. The summed E-state index contributed by atoms with van der Waals surface area (Å²) in [5.74, 6) is 0.133. The quantitative estimate of drug-likeness (QED) is 0.574. The fourth-order valence-corrected chi connectivity index (χ4v) is 1.70. The Morgan fingerprint density at radius 1 is 1.30 bits per heavy atom. The molecule has 0 saturated heterocycles. The minimum absolute atomic E-state index is 0.133. The van der Waals surface area contributed by atoms with Gasteiger partial charge in [0.25, 0.3) is 0 Å². The first-order valence-electron chi connectivity index (χ1n) is 4.08. The third-order valence-electron chi connectivity index (χ3n) is 2.40. The summed E-state index contributed by atoms with van der Waals surface area (Å²) in [5, 5.41) is 18.6. The number of hydrogen-bond donors (Lipinski definition) is 2. The molecule has 1 saturated carbocycles. The molecule has 0 heterocycles. The Bertz CT molecular complexity index is 101. The molecule has 0 amide bonds. The maximum absolute atomic E-state index is 9.38. The van der Waals surface area contributed by atoms with Crippen LogP contribution < -0.4 is 0 Å². The Morgan fingerprint density at radius 2 is 1.90 bits per heavy atom. The summed E-state index contributed by atoms with van der Waals surface area (Å²) >= 11 is 0. The van der Waals surface area contributed by atoms with Crippen LogP contribution in [-0.2, 0) is 0 Å². The molecule has 60 valence electrons. The van der Waals surface area contributed by atoms with E-state index in [-0.39, 0.29) is 18.1 Å². The van der Waals surface area contributed by atoms with Crippen molar-refractivity contribution < 1.29 is 10.2 Å². The van der Waals surface area contributed by atoms with E-state index in [2.05, 4.69) is 0 Å². The van der Waals surface area contributed by atoms with E-state index in [0.29, 0.717) is 0 Å². The summed E-state index contributed by atoms with van der Waals surface area (Å²) in [4.78, 5) is 0. The van der Waals surface area contributed by atoms with Crippen molar-refractivity contribution in [3.05, 3.63) is 0 Å². The Labute approximate surface area is 61.9 Å². The molecule has 2 heteroatoms. The molecule has 0 aromatic heterocycles. The van der Waals surface area contributed by atoms with E-state index in [4.69, 9.17) is 0 Å². The predicted octanol–water partition coefficient (Wildman–Crippen LogP) is 0.918. The van der Waals surface area contributed by atoms with Crippen molar-refractivity contribution in [1.29, 1.82) is 0 Å². The lowest BCUT2D eigenvalue weighted by Gasteiger charge is -2.29. The first kappa shape index (κ1) is 8.02. The second-order valence-electron chi connectivity index (χ2n) is 3.26. The molecular formula is C8H16O2. The van der Waals surface area contributed by atoms with Crippen molar-refractivity contribution in [2.75, 3.05) is 0 Å². The average Bonchev–Trinajstić information content (AvgIpc) is 1.88. The number of hydrogen-bond acceptors (Lipinski definition) is 2. The third kappa shape index (κ3) is 1.70. The molecule has 1 aliphatic rings. The number of aliphatic hydroxyl groups is 2. The molecule has 0 radical (unpaired) electrons. The SMILES string of the molecule is C[C@H](O)[C@H]1CCCC[C@H]1O. The van der Waals surface area contributed by atoms with Gasteiger partial charge in [0.05, 0.1) is 12.2 Å². The molecule has 0 spiro atoms. The highest BCUT2D eigenvalue weighted by Gasteiger charge is 2.26. The standard InChI is InChI=1S/C8H16O2/c1-6(9)7-4-2-3-5-8(7)10/h6-10H,2-5H2,1H3/t6-,7+,8+/m0/s1. The smallest absolute Gasteiger partial charge is 0.0593 e. The molecule has 1 fully saturated rings. The largest absolute Gasteiger partial charge is 0.393 e. The van der Waals surface area contributed by atoms with E-state index in [9.17, 15) is 10.2 Å². The van der Waals surface area contributed by atoms with Gasteiger partial charge in [0.15, 0.2) is 0 Å². The van der Waals surface area contributed by atoms with Crippen LogP contribution in [0, 0.1) is 5.92 Å². The van der Waals surface area contributed by atoms with Gasteiger partial charge in [-0.25, -0.2) is 0 Å². The van der Waals surface area contributed by atoms with Gasteiger partial charge in [0.2, 0.25) is 0 Å². The molecule has 0 aliphatic heterocycles. The first-order chi connectivity index (χ1) is 4.72. The highest BCUT2D eigenvalue weighted by molar-refractivity contribution is 4.77. The summed E-state index contributed by atoms with van der Waals surface area (Å²) in [5.41, 5.74) is 0. The monoisotopic (exact) mass is 144 g/mol. The summed E-state index contributed by atoms with van der Waals surface area (Å²) in [7, 11) is 0. The molecule has 1 rings (SSSR count). The van der Waals surface area contributed by atoms with Crippen LogP contribution >= 0.6 is 0 Å². The van der Waals surface area contributed by atoms with Gasteiger partial charge in [0, 0.05) is 5.92 Å². The lowest BCUT2D eigenvalue weighted by atomic mass is 9.83. The van der Waals surface area contributed by atoms with Crippen molar-refractivity contribution in [3.8, 4) is 0 Å². The van der Waals surface area contributed by atoms with E-state index in [1.165, 1.54) is 0 Å². The van der Waals surface area contributed by atoms with Crippen molar-refractivity contribution in [2.24, 2.45) is 5.92 Å². The summed E-state index contributed by atoms with van der Waals surface area (Å²) in [6.07, 6.45) is 3.54. The van der Waals surface area contributed by atoms with Crippen molar-refractivity contribution in [1.82, 2.24) is 0 Å². The number of aliphatic hydroxyl groups excluding tert-OH is 2. The lowest BCUT2D eigenvalue weighted by Crippen LogP contribution is -2.32. The van der Waals surface area contributed by atoms with Gasteiger partial charge >= 0.3 is 0 Å². The zero-order chi connectivity index (χ0) is 7.56. The molecule has 0 aromatic rings. The van der Waals surface area contributed by atoms with Crippen LogP contribution in [0.5, 0.6) is 0 Å². The minimum atomic E-state index is -0.338. The molecule has 2 nitrogen and oxygen atoms in total. The van der Waals surface area contributed by atoms with E-state index in [1.54, 1.807) is 6.92 Å². The van der Waals surface area contributed by atoms with Crippen LogP contribution in [0.15, 0.2) is 0 Å². The Balaban J connectivity index is 2.40. The summed E-state index contributed by atoms with van der Waals surface area (Å²) in [6.45, 7) is 1.76. The summed E-state index contributed by atoms with van der Waals surface area (Å²) in [6, 6.07) is 0. The van der Waals surface area contributed by atoms with Crippen LogP contribution in [0.3, 0.4) is 0 Å². The molecule has 10 heavy (non-hydrogen) atoms. The molecule has 0 unspecified atom stereocenters. The summed E-state index contributed by atoms with van der Waals surface area (Å²) < 4.78 is 0. The van der Waals surface area contributed by atoms with Gasteiger partial charge in [-0.05, 0) is 19.8 Å². The fraction of sp³-hybridized carbons (Fsp3) is 1.00. The Morgan fingerprint density at radius 3 is 2.30 bits per heavy atom. The predicted molar refractivity (Wildman–Crippen MR) is 39.6 cm³/mol. The molecule has 1 aliphatic carbocycles. The number of rotatable bonds is 1. The second-order valence-corrected chi connectivity index (χ2v) is 3.26. The van der Waals surface area contributed by atoms with Crippen molar-refractivity contribution in [3.63, 3.8) is 0 Å². The topological polar surface area (TPSA) is 40.5 Å². The Hall–Kier alpha value is -0.0800. The molecule has 0 aromatic carbocycles. The minimum Gasteiger partial charge on any atom is -0.393 e. The second kappa shape index (κ2) is 3.35. The molecule has 0 bridgehead atoms. The van der Waals surface area contributed by atoms with Crippen LogP contribution in [0.25, 0.3) is 0 Å². The van der Waals surface area contributed by atoms with E-state index in [0.717, 1.165) is 25.7 Å². The average molecular weight is 144 g/mol. The van der Waals surface area contributed by atoms with Gasteiger partial charge in [0.1, 0.15) is 0 Å². The van der Waals surface area contributed by atoms with Crippen LogP contribution in [0.1, 0.15) is 32.6 Å². The zero-order valence-electron chi connectivity index (χ0n) is 6.45. The van der Waals surface area contributed by atoms with E-state index in [1.807, 2.05) is 0 Å². The normalized spacial score (nSPS) is 37.5. The molecule has 2 N–H and O–H groups in total. The van der Waals surface area contributed by atoms with E-state index >= 15 is 0 Å². The third-order valence-corrected chi connectivity index (χ3v) is 2.40. The highest BCUT2D eigenvalue weighted by Crippen LogP contribution is 2.26. The van der Waals surface area contributed by atoms with Gasteiger partial charge in [-0.1, -0.05) is 12.8 Å². The fourth-order valence-electron chi connectivity index (χ4n) is 1.70. The zero-order valence-corrected chi connectivity index (χ0v) is 6.45. The van der Waals surface area contributed by atoms with Gasteiger partial charge in [-0.3, -0.25) is 0 Å². The van der Waals surface area contributed by atoms with E-state index < -0.39 is 0 Å². The van der Waals surface area contributed by atoms with Crippen molar-refractivity contribution >= 4 is 0 Å². The van der Waals surface area contributed by atoms with Crippen LogP contribution in [0.4, 0.5) is 0 Å². The highest BCUT2D eigenvalue weighted by atomic mass is 16.3. The van der Waals surface area contributed by atoms with Crippen molar-refractivity contribution in [2.45, 2.75) is 44.8 Å².